The predicted octanol–water partition coefficient (Wildman–Crippen LogP) is 0.772. The van der Waals surface area contributed by atoms with E-state index < -0.39 is 17.5 Å². The molecule has 1 aliphatic rings. The van der Waals surface area contributed by atoms with Gasteiger partial charge >= 0.3 is 5.97 Å². The number of ether oxygens (including phenoxy) is 1. The molecule has 1 aromatic heterocycles. The molecule has 2 N–H and O–H groups in total. The minimum absolute atomic E-state index is 0.190. The van der Waals surface area contributed by atoms with Crippen LogP contribution in [0.5, 0.6) is 5.75 Å². The number of rotatable bonds is 3. The largest absolute Gasteiger partial charge is 0.495 e. The molecule has 0 aromatic carbocycles. The van der Waals surface area contributed by atoms with Gasteiger partial charge in [-0.3, -0.25) is 9.78 Å². The van der Waals surface area contributed by atoms with Crippen LogP contribution in [0.3, 0.4) is 0 Å². The summed E-state index contributed by atoms with van der Waals surface area (Å²) in [6.45, 7) is 0. The van der Waals surface area contributed by atoms with Gasteiger partial charge in [0.25, 0.3) is 0 Å². The fourth-order valence-corrected chi connectivity index (χ4v) is 2.03. The SMILES string of the molecule is COc1cccnc1C1(O)CC(C(=O)O)C1. The third kappa shape index (κ3) is 1.63. The highest BCUT2D eigenvalue weighted by molar-refractivity contribution is 5.72. The van der Waals surface area contributed by atoms with Gasteiger partial charge in [0.05, 0.1) is 13.0 Å². The second-order valence-corrected chi connectivity index (χ2v) is 4.03. The lowest BCUT2D eigenvalue weighted by Gasteiger charge is -2.41. The Morgan fingerprint density at radius 3 is 2.88 bits per heavy atom. The molecule has 0 radical (unpaired) electrons. The maximum Gasteiger partial charge on any atom is 0.306 e. The highest BCUT2D eigenvalue weighted by Gasteiger charge is 2.49. The molecule has 2 rings (SSSR count). The van der Waals surface area contributed by atoms with Gasteiger partial charge in [-0.2, -0.15) is 0 Å². The van der Waals surface area contributed by atoms with Gasteiger partial charge in [0, 0.05) is 6.20 Å². The molecule has 0 aliphatic heterocycles. The molecular formula is C11H13NO4. The molecule has 5 nitrogen and oxygen atoms in total. The molecule has 5 heteroatoms. The number of hydrogen-bond donors (Lipinski definition) is 2. The summed E-state index contributed by atoms with van der Waals surface area (Å²) < 4.78 is 5.09. The van der Waals surface area contributed by atoms with Crippen molar-refractivity contribution in [2.24, 2.45) is 5.92 Å². The number of hydrogen-bond acceptors (Lipinski definition) is 4. The third-order valence-electron chi connectivity index (χ3n) is 2.95. The van der Waals surface area contributed by atoms with Crippen LogP contribution in [0.4, 0.5) is 0 Å². The molecule has 1 heterocycles. The van der Waals surface area contributed by atoms with Crippen LogP contribution in [0.1, 0.15) is 18.5 Å². The van der Waals surface area contributed by atoms with Gasteiger partial charge in [-0.05, 0) is 25.0 Å². The standard InChI is InChI=1S/C11H13NO4/c1-16-8-3-2-4-12-9(8)11(15)5-7(6-11)10(13)14/h2-4,7,15H,5-6H2,1H3,(H,13,14). The quantitative estimate of drug-likeness (QED) is 0.791. The Hall–Kier alpha value is -1.62. The van der Waals surface area contributed by atoms with Gasteiger partial charge in [0.2, 0.25) is 0 Å². The monoisotopic (exact) mass is 223 g/mol. The lowest BCUT2D eigenvalue weighted by Crippen LogP contribution is -2.45. The molecule has 0 saturated heterocycles. The lowest BCUT2D eigenvalue weighted by molar-refractivity contribution is -0.160. The van der Waals surface area contributed by atoms with Gasteiger partial charge in [-0.1, -0.05) is 0 Å². The van der Waals surface area contributed by atoms with E-state index in [4.69, 9.17) is 9.84 Å². The molecule has 0 atom stereocenters. The zero-order valence-corrected chi connectivity index (χ0v) is 8.88. The van der Waals surface area contributed by atoms with Crippen molar-refractivity contribution < 1.29 is 19.7 Å². The number of aliphatic hydroxyl groups is 1. The van der Waals surface area contributed by atoms with Crippen molar-refractivity contribution in [1.29, 1.82) is 0 Å². The maximum atomic E-state index is 10.7. The Labute approximate surface area is 92.7 Å². The second-order valence-electron chi connectivity index (χ2n) is 4.03. The summed E-state index contributed by atoms with van der Waals surface area (Å²) in [5.74, 6) is -0.870. The number of aliphatic carboxylic acids is 1. The van der Waals surface area contributed by atoms with Crippen LogP contribution in [0.25, 0.3) is 0 Å². The minimum atomic E-state index is -1.16. The first-order valence-corrected chi connectivity index (χ1v) is 5.01. The predicted molar refractivity (Wildman–Crippen MR) is 55.0 cm³/mol. The lowest BCUT2D eigenvalue weighted by atomic mass is 9.69. The van der Waals surface area contributed by atoms with Gasteiger partial charge in [0.15, 0.2) is 0 Å². The van der Waals surface area contributed by atoms with E-state index in [-0.39, 0.29) is 12.8 Å². The summed E-state index contributed by atoms with van der Waals surface area (Å²) in [5.41, 5.74) is -0.731. The Balaban J connectivity index is 2.23. The van der Waals surface area contributed by atoms with Crippen LogP contribution in [0.2, 0.25) is 0 Å². The topological polar surface area (TPSA) is 79.7 Å². The van der Waals surface area contributed by atoms with Crippen LogP contribution >= 0.6 is 0 Å². The van der Waals surface area contributed by atoms with E-state index in [2.05, 4.69) is 4.98 Å². The molecule has 1 fully saturated rings. The van der Waals surface area contributed by atoms with Gasteiger partial charge in [0.1, 0.15) is 17.0 Å². The number of aromatic nitrogens is 1. The number of nitrogens with zero attached hydrogens (tertiary/aromatic N) is 1. The van der Waals surface area contributed by atoms with Crippen LogP contribution in [0, 0.1) is 5.92 Å². The molecule has 0 spiro atoms. The summed E-state index contributed by atoms with van der Waals surface area (Å²) in [6.07, 6.45) is 1.94. The van der Waals surface area contributed by atoms with E-state index in [1.165, 1.54) is 7.11 Å². The summed E-state index contributed by atoms with van der Waals surface area (Å²) in [4.78, 5) is 14.8. The molecule has 16 heavy (non-hydrogen) atoms. The zero-order chi connectivity index (χ0) is 11.8. The van der Waals surface area contributed by atoms with Gasteiger partial charge in [-0.15, -0.1) is 0 Å². The van der Waals surface area contributed by atoms with E-state index in [9.17, 15) is 9.90 Å². The molecular weight excluding hydrogens is 210 g/mol. The Morgan fingerprint density at radius 2 is 2.31 bits per heavy atom. The second kappa shape index (κ2) is 3.75. The van der Waals surface area contributed by atoms with E-state index >= 15 is 0 Å². The van der Waals surface area contributed by atoms with Crippen molar-refractivity contribution in [3.05, 3.63) is 24.0 Å². The summed E-state index contributed by atoms with van der Waals surface area (Å²) in [6, 6.07) is 3.41. The van der Waals surface area contributed by atoms with Crippen molar-refractivity contribution >= 4 is 5.97 Å². The first kappa shape index (κ1) is 10.9. The number of pyridine rings is 1. The zero-order valence-electron chi connectivity index (χ0n) is 8.88. The van der Waals surface area contributed by atoms with Crippen molar-refractivity contribution in [3.8, 4) is 5.75 Å². The Bertz CT molecular complexity index is 412. The maximum absolute atomic E-state index is 10.7. The van der Waals surface area contributed by atoms with Crippen molar-refractivity contribution in [2.75, 3.05) is 7.11 Å². The highest BCUT2D eigenvalue weighted by atomic mass is 16.5. The van der Waals surface area contributed by atoms with Crippen LogP contribution < -0.4 is 4.74 Å². The summed E-state index contributed by atoms with van der Waals surface area (Å²) in [5, 5.41) is 19.0. The van der Waals surface area contributed by atoms with Crippen molar-refractivity contribution in [2.45, 2.75) is 18.4 Å². The molecule has 0 amide bonds. The first-order valence-electron chi connectivity index (χ1n) is 5.01. The van der Waals surface area contributed by atoms with E-state index in [1.54, 1.807) is 18.3 Å². The Kier molecular flexibility index (Phi) is 2.55. The minimum Gasteiger partial charge on any atom is -0.495 e. The number of carbonyl (C=O) groups is 1. The molecule has 1 aliphatic carbocycles. The summed E-state index contributed by atoms with van der Waals surface area (Å²) >= 11 is 0. The molecule has 0 bridgehead atoms. The van der Waals surface area contributed by atoms with Gasteiger partial charge < -0.3 is 14.9 Å². The highest BCUT2D eigenvalue weighted by Crippen LogP contribution is 2.47. The smallest absolute Gasteiger partial charge is 0.306 e. The summed E-state index contributed by atoms with van der Waals surface area (Å²) in [7, 11) is 1.50. The van der Waals surface area contributed by atoms with Gasteiger partial charge in [-0.25, -0.2) is 0 Å². The molecule has 86 valence electrons. The van der Waals surface area contributed by atoms with Crippen molar-refractivity contribution in [3.63, 3.8) is 0 Å². The molecule has 0 unspecified atom stereocenters. The van der Waals surface area contributed by atoms with Crippen LogP contribution in [0.15, 0.2) is 18.3 Å². The number of carboxylic acids is 1. The normalized spacial score (nSPS) is 28.2. The molecule has 1 aromatic rings. The third-order valence-corrected chi connectivity index (χ3v) is 2.95. The first-order chi connectivity index (χ1) is 7.57. The van der Waals surface area contributed by atoms with Crippen molar-refractivity contribution in [1.82, 2.24) is 4.98 Å². The van der Waals surface area contributed by atoms with Crippen LogP contribution in [-0.2, 0) is 10.4 Å². The Morgan fingerprint density at radius 1 is 1.62 bits per heavy atom. The van der Waals surface area contributed by atoms with Crippen LogP contribution in [-0.4, -0.2) is 28.3 Å². The van der Waals surface area contributed by atoms with E-state index in [0.717, 1.165) is 0 Å². The number of carboxylic acid groups (broad SMARTS) is 1. The van der Waals surface area contributed by atoms with E-state index in [0.29, 0.717) is 11.4 Å². The average Bonchev–Trinajstić information content (AvgIpc) is 2.24. The van der Waals surface area contributed by atoms with E-state index in [1.807, 2.05) is 0 Å². The molecule has 1 saturated carbocycles. The number of methoxy groups -OCH3 is 1. The fraction of sp³-hybridized carbons (Fsp3) is 0.455. The average molecular weight is 223 g/mol. The fourth-order valence-electron chi connectivity index (χ4n) is 2.03.